The van der Waals surface area contributed by atoms with Crippen LogP contribution in [0.3, 0.4) is 0 Å². The van der Waals surface area contributed by atoms with E-state index in [2.05, 4.69) is 35.2 Å². The Bertz CT molecular complexity index is 1440. The third-order valence-electron chi connectivity index (χ3n) is 5.49. The lowest BCUT2D eigenvalue weighted by atomic mass is 10.00. The number of anilines is 1. The predicted octanol–water partition coefficient (Wildman–Crippen LogP) is 3.07. The molecule has 5 aromatic heterocycles. The minimum absolute atomic E-state index is 0.0465. The molecule has 1 atom stereocenters. The SMILES string of the molecule is FC(F)(F)c1cccn2nc(C3c4nc[nH]c4CCN3c3nnc(-c4ccncn4)o3)cc12. The third kappa shape index (κ3) is 3.20. The van der Waals surface area contributed by atoms with E-state index >= 15 is 0 Å². The van der Waals surface area contributed by atoms with Crippen LogP contribution in [0.25, 0.3) is 17.1 Å². The van der Waals surface area contributed by atoms with Crippen LogP contribution in [0.2, 0.25) is 0 Å². The Kier molecular flexibility index (Phi) is 4.18. The molecule has 0 spiro atoms. The number of halogens is 3. The van der Waals surface area contributed by atoms with E-state index in [1.165, 1.54) is 29.2 Å². The van der Waals surface area contributed by atoms with Crippen LogP contribution in [0.4, 0.5) is 19.2 Å². The van der Waals surface area contributed by atoms with Gasteiger partial charge in [-0.1, -0.05) is 5.10 Å². The van der Waals surface area contributed by atoms with Crippen molar-refractivity contribution in [3.63, 3.8) is 0 Å². The van der Waals surface area contributed by atoms with Gasteiger partial charge in [0.15, 0.2) is 0 Å². The van der Waals surface area contributed by atoms with Crippen molar-refractivity contribution in [3.05, 3.63) is 72.0 Å². The van der Waals surface area contributed by atoms with Gasteiger partial charge in [0.1, 0.15) is 18.1 Å². The normalized spacial score (nSPS) is 16.3. The molecule has 1 unspecified atom stereocenters. The van der Waals surface area contributed by atoms with Crippen molar-refractivity contribution in [2.75, 3.05) is 11.4 Å². The van der Waals surface area contributed by atoms with E-state index in [0.717, 1.165) is 11.8 Å². The predicted molar refractivity (Wildman–Crippen MR) is 107 cm³/mol. The Morgan fingerprint density at radius 1 is 1.15 bits per heavy atom. The summed E-state index contributed by atoms with van der Waals surface area (Å²) >= 11 is 0. The first-order chi connectivity index (χ1) is 16.0. The maximum atomic E-state index is 13.6. The molecule has 0 radical (unpaired) electrons. The van der Waals surface area contributed by atoms with Gasteiger partial charge in [-0.15, -0.1) is 5.10 Å². The summed E-state index contributed by atoms with van der Waals surface area (Å²) in [6, 6.07) is 4.97. The van der Waals surface area contributed by atoms with Crippen LogP contribution in [0.5, 0.6) is 0 Å². The van der Waals surface area contributed by atoms with Crippen LogP contribution in [-0.2, 0) is 12.6 Å². The zero-order valence-corrected chi connectivity index (χ0v) is 16.7. The monoisotopic (exact) mass is 453 g/mol. The molecular weight excluding hydrogens is 439 g/mol. The summed E-state index contributed by atoms with van der Waals surface area (Å²) in [5.74, 6) is 0.202. The van der Waals surface area contributed by atoms with E-state index in [-0.39, 0.29) is 17.4 Å². The van der Waals surface area contributed by atoms with E-state index < -0.39 is 17.8 Å². The Morgan fingerprint density at radius 3 is 2.88 bits per heavy atom. The highest BCUT2D eigenvalue weighted by Crippen LogP contribution is 2.38. The quantitative estimate of drug-likeness (QED) is 0.443. The summed E-state index contributed by atoms with van der Waals surface area (Å²) in [4.78, 5) is 17.3. The van der Waals surface area contributed by atoms with Crippen LogP contribution in [0, 0.1) is 0 Å². The molecule has 6 heterocycles. The number of aromatic amines is 1. The first-order valence-corrected chi connectivity index (χ1v) is 9.93. The third-order valence-corrected chi connectivity index (χ3v) is 5.49. The molecule has 10 nitrogen and oxygen atoms in total. The fourth-order valence-corrected chi connectivity index (χ4v) is 4.04. The van der Waals surface area contributed by atoms with Gasteiger partial charge in [0, 0.05) is 31.1 Å². The number of imidazole rings is 1. The van der Waals surface area contributed by atoms with Crippen LogP contribution in [0.1, 0.15) is 28.7 Å². The number of hydrogen-bond donors (Lipinski definition) is 1. The van der Waals surface area contributed by atoms with Gasteiger partial charge in [-0.2, -0.15) is 18.3 Å². The number of rotatable bonds is 3. The molecule has 6 rings (SSSR count). The largest absolute Gasteiger partial charge is 0.418 e. The Hall–Kier alpha value is -4.29. The summed E-state index contributed by atoms with van der Waals surface area (Å²) in [7, 11) is 0. The summed E-state index contributed by atoms with van der Waals surface area (Å²) in [6.07, 6.45) is 2.06. The molecular formula is C20H14F3N9O. The molecule has 1 aliphatic heterocycles. The van der Waals surface area contributed by atoms with E-state index in [1.54, 1.807) is 23.5 Å². The maximum absolute atomic E-state index is 13.6. The summed E-state index contributed by atoms with van der Waals surface area (Å²) in [5.41, 5.74) is 1.54. The lowest BCUT2D eigenvalue weighted by Gasteiger charge is -2.32. The second kappa shape index (κ2) is 7.12. The van der Waals surface area contributed by atoms with Crippen LogP contribution in [-0.4, -0.2) is 46.3 Å². The van der Waals surface area contributed by atoms with Gasteiger partial charge in [-0.3, -0.25) is 0 Å². The first kappa shape index (κ1) is 19.4. The molecule has 166 valence electrons. The number of nitrogens with one attached hydrogen (secondary N) is 1. The van der Waals surface area contributed by atoms with Crippen LogP contribution >= 0.6 is 0 Å². The van der Waals surface area contributed by atoms with Crippen LogP contribution in [0.15, 0.2) is 53.7 Å². The number of fused-ring (bicyclic) bond motifs is 2. The number of hydrogen-bond acceptors (Lipinski definition) is 8. The second-order valence-corrected chi connectivity index (χ2v) is 7.42. The Morgan fingerprint density at radius 2 is 2.06 bits per heavy atom. The molecule has 13 heteroatoms. The molecule has 0 amide bonds. The molecule has 0 aliphatic carbocycles. The number of H-pyrrole nitrogens is 1. The van der Waals surface area contributed by atoms with E-state index in [1.807, 2.05) is 0 Å². The van der Waals surface area contributed by atoms with Gasteiger partial charge in [-0.05, 0) is 24.3 Å². The average molecular weight is 453 g/mol. The van der Waals surface area contributed by atoms with Gasteiger partial charge in [0.2, 0.25) is 0 Å². The molecule has 5 aromatic rings. The van der Waals surface area contributed by atoms with Crippen molar-refractivity contribution >= 4 is 11.5 Å². The lowest BCUT2D eigenvalue weighted by Crippen LogP contribution is -2.36. The average Bonchev–Trinajstić information content (AvgIpc) is 3.56. The van der Waals surface area contributed by atoms with Crippen molar-refractivity contribution in [2.24, 2.45) is 0 Å². The topological polar surface area (TPSA) is 114 Å². The molecule has 0 bridgehead atoms. The molecule has 0 fully saturated rings. The summed E-state index contributed by atoms with van der Waals surface area (Å²) in [6.45, 7) is 0.464. The van der Waals surface area contributed by atoms with E-state index in [9.17, 15) is 13.2 Å². The maximum Gasteiger partial charge on any atom is 0.418 e. The highest BCUT2D eigenvalue weighted by atomic mass is 19.4. The van der Waals surface area contributed by atoms with Crippen molar-refractivity contribution in [1.82, 2.24) is 39.7 Å². The van der Waals surface area contributed by atoms with E-state index in [4.69, 9.17) is 4.42 Å². The smallest absolute Gasteiger partial charge is 0.402 e. The second-order valence-electron chi connectivity index (χ2n) is 7.42. The summed E-state index contributed by atoms with van der Waals surface area (Å²) in [5, 5.41) is 12.7. The zero-order valence-electron chi connectivity index (χ0n) is 16.7. The summed E-state index contributed by atoms with van der Waals surface area (Å²) < 4.78 is 47.7. The highest BCUT2D eigenvalue weighted by Gasteiger charge is 2.38. The zero-order chi connectivity index (χ0) is 22.6. The Balaban J connectivity index is 1.47. The van der Waals surface area contributed by atoms with Crippen molar-refractivity contribution in [1.29, 1.82) is 0 Å². The molecule has 0 aromatic carbocycles. The van der Waals surface area contributed by atoms with Gasteiger partial charge >= 0.3 is 12.2 Å². The standard InChI is InChI=1S/C20H14F3N9O/c21-20(22,23)11-2-1-6-32-15(11)8-14(30-32)17-16-12(26-10-27-16)4-7-31(17)19-29-28-18(33-19)13-3-5-24-9-25-13/h1-3,5-6,8-10,17H,4,7H2,(H,26,27). The minimum atomic E-state index is -4.51. The van der Waals surface area contributed by atoms with Gasteiger partial charge in [0.05, 0.1) is 28.8 Å². The molecule has 1 aliphatic rings. The van der Waals surface area contributed by atoms with Gasteiger partial charge in [-0.25, -0.2) is 19.5 Å². The number of nitrogens with zero attached hydrogens (tertiary/aromatic N) is 8. The fourth-order valence-electron chi connectivity index (χ4n) is 4.04. The van der Waals surface area contributed by atoms with Gasteiger partial charge < -0.3 is 14.3 Å². The highest BCUT2D eigenvalue weighted by molar-refractivity contribution is 5.59. The molecule has 1 N–H and O–H groups in total. The number of pyridine rings is 1. The van der Waals surface area contributed by atoms with Gasteiger partial charge in [0.25, 0.3) is 5.89 Å². The fraction of sp³-hybridized carbons (Fsp3) is 0.200. The molecule has 0 saturated heterocycles. The number of aromatic nitrogens is 8. The minimum Gasteiger partial charge on any atom is -0.402 e. The molecule has 33 heavy (non-hydrogen) atoms. The number of alkyl halides is 3. The lowest BCUT2D eigenvalue weighted by molar-refractivity contribution is -0.136. The van der Waals surface area contributed by atoms with Crippen molar-refractivity contribution in [3.8, 4) is 11.6 Å². The molecule has 0 saturated carbocycles. The first-order valence-electron chi connectivity index (χ1n) is 9.93. The van der Waals surface area contributed by atoms with E-state index in [0.29, 0.717) is 30.0 Å². The van der Waals surface area contributed by atoms with Crippen molar-refractivity contribution < 1.29 is 17.6 Å². The van der Waals surface area contributed by atoms with Crippen molar-refractivity contribution in [2.45, 2.75) is 18.6 Å². The Labute approximate surface area is 183 Å². The van der Waals surface area contributed by atoms with Crippen LogP contribution < -0.4 is 4.90 Å².